The molecule has 1 aliphatic rings. The third kappa shape index (κ3) is 5.45. The quantitative estimate of drug-likeness (QED) is 0.766. The van der Waals surface area contributed by atoms with Crippen molar-refractivity contribution in [1.82, 2.24) is 20.4 Å². The normalized spacial score (nSPS) is 15.5. The first-order valence-corrected chi connectivity index (χ1v) is 7.47. The number of urea groups is 1. The Bertz CT molecular complexity index is 479. The van der Waals surface area contributed by atoms with E-state index in [1.54, 1.807) is 24.0 Å². The maximum Gasteiger partial charge on any atom is 0.315 e. The van der Waals surface area contributed by atoms with Gasteiger partial charge in [-0.25, -0.2) is 4.79 Å². The largest absolute Gasteiger partial charge is 0.338 e. The Morgan fingerprint density at radius 1 is 1.33 bits per heavy atom. The summed E-state index contributed by atoms with van der Waals surface area (Å²) in [7, 11) is 1.78. The van der Waals surface area contributed by atoms with Gasteiger partial charge in [0.2, 0.25) is 5.91 Å². The molecule has 1 saturated carbocycles. The highest BCUT2D eigenvalue weighted by molar-refractivity contribution is 5.90. The van der Waals surface area contributed by atoms with Gasteiger partial charge in [0.05, 0.1) is 0 Å². The lowest BCUT2D eigenvalue weighted by Crippen LogP contribution is -2.43. The number of rotatable bonds is 5. The highest BCUT2D eigenvalue weighted by Gasteiger charge is 2.15. The predicted molar refractivity (Wildman–Crippen MR) is 79.9 cm³/mol. The lowest BCUT2D eigenvalue weighted by molar-refractivity contribution is -0.116. The van der Waals surface area contributed by atoms with Crippen molar-refractivity contribution in [3.8, 4) is 0 Å². The number of nitrogens with zero attached hydrogens (tertiary/aromatic N) is 2. The van der Waals surface area contributed by atoms with Gasteiger partial charge < -0.3 is 16.0 Å². The summed E-state index contributed by atoms with van der Waals surface area (Å²) in [6, 6.07) is 1.81. The van der Waals surface area contributed by atoms with E-state index in [2.05, 4.69) is 21.0 Å². The maximum atomic E-state index is 11.7. The third-order valence-electron chi connectivity index (χ3n) is 3.56. The van der Waals surface area contributed by atoms with E-state index in [1.165, 1.54) is 19.3 Å². The van der Waals surface area contributed by atoms with E-state index in [4.69, 9.17) is 0 Å². The molecule has 2 rings (SSSR count). The zero-order valence-corrected chi connectivity index (χ0v) is 12.4. The van der Waals surface area contributed by atoms with Crippen LogP contribution in [0.15, 0.2) is 12.3 Å². The van der Waals surface area contributed by atoms with E-state index >= 15 is 0 Å². The van der Waals surface area contributed by atoms with E-state index in [0.717, 1.165) is 12.8 Å². The second-order valence-corrected chi connectivity index (χ2v) is 5.41. The number of aromatic nitrogens is 2. The van der Waals surface area contributed by atoms with Crippen LogP contribution in [0.25, 0.3) is 0 Å². The van der Waals surface area contributed by atoms with Gasteiger partial charge >= 0.3 is 6.03 Å². The maximum absolute atomic E-state index is 11.7. The number of hydrogen-bond donors (Lipinski definition) is 3. The van der Waals surface area contributed by atoms with Crippen molar-refractivity contribution in [3.05, 3.63) is 12.3 Å². The molecule has 0 unspecified atom stereocenters. The summed E-state index contributed by atoms with van der Waals surface area (Å²) in [5.74, 6) is 0.362. The topological polar surface area (TPSA) is 88.0 Å². The number of aryl methyl sites for hydroxylation is 1. The first-order valence-electron chi connectivity index (χ1n) is 7.47. The zero-order valence-electron chi connectivity index (χ0n) is 12.4. The molecule has 0 atom stereocenters. The fourth-order valence-corrected chi connectivity index (χ4v) is 2.46. The first kappa shape index (κ1) is 15.3. The van der Waals surface area contributed by atoms with Crippen molar-refractivity contribution in [1.29, 1.82) is 0 Å². The fourth-order valence-electron chi connectivity index (χ4n) is 2.46. The van der Waals surface area contributed by atoms with Gasteiger partial charge in [-0.3, -0.25) is 9.48 Å². The van der Waals surface area contributed by atoms with E-state index in [-0.39, 0.29) is 24.4 Å². The molecule has 1 aliphatic carbocycles. The molecular weight excluding hydrogens is 270 g/mol. The summed E-state index contributed by atoms with van der Waals surface area (Å²) < 4.78 is 1.62. The van der Waals surface area contributed by atoms with Gasteiger partial charge in [-0.15, -0.1) is 0 Å². The van der Waals surface area contributed by atoms with E-state index in [1.807, 2.05) is 0 Å². The van der Waals surface area contributed by atoms with Crippen LogP contribution in [0.5, 0.6) is 0 Å². The Morgan fingerprint density at radius 2 is 2.10 bits per heavy atom. The van der Waals surface area contributed by atoms with Crippen LogP contribution in [-0.4, -0.2) is 34.3 Å². The second-order valence-electron chi connectivity index (χ2n) is 5.41. The number of hydrogen-bond acceptors (Lipinski definition) is 3. The van der Waals surface area contributed by atoms with E-state index in [0.29, 0.717) is 12.4 Å². The summed E-state index contributed by atoms with van der Waals surface area (Å²) in [6.07, 6.45) is 7.70. The van der Waals surface area contributed by atoms with Crippen LogP contribution < -0.4 is 16.0 Å². The van der Waals surface area contributed by atoms with Gasteiger partial charge in [0.15, 0.2) is 5.82 Å². The summed E-state index contributed by atoms with van der Waals surface area (Å²) >= 11 is 0. The Hall–Kier alpha value is -2.05. The lowest BCUT2D eigenvalue weighted by atomic mass is 9.96. The molecule has 116 valence electrons. The fraction of sp³-hybridized carbons (Fsp3) is 0.643. The van der Waals surface area contributed by atoms with Crippen LogP contribution in [0, 0.1) is 0 Å². The van der Waals surface area contributed by atoms with Crippen molar-refractivity contribution in [2.24, 2.45) is 7.05 Å². The molecule has 0 aromatic carbocycles. The molecule has 1 aromatic heterocycles. The number of amides is 3. The van der Waals surface area contributed by atoms with Crippen molar-refractivity contribution < 1.29 is 9.59 Å². The van der Waals surface area contributed by atoms with Gasteiger partial charge in [0, 0.05) is 38.3 Å². The van der Waals surface area contributed by atoms with E-state index < -0.39 is 0 Å². The summed E-state index contributed by atoms with van der Waals surface area (Å²) in [5.41, 5.74) is 0. The second kappa shape index (κ2) is 7.66. The van der Waals surface area contributed by atoms with Gasteiger partial charge in [-0.2, -0.15) is 5.10 Å². The van der Waals surface area contributed by atoms with Gasteiger partial charge in [-0.1, -0.05) is 19.3 Å². The average molecular weight is 293 g/mol. The minimum absolute atomic E-state index is 0.160. The predicted octanol–water partition coefficient (Wildman–Crippen LogP) is 1.38. The number of carbonyl (C=O) groups is 2. The smallest absolute Gasteiger partial charge is 0.315 e. The minimum Gasteiger partial charge on any atom is -0.338 e. The molecule has 0 radical (unpaired) electrons. The molecule has 0 saturated heterocycles. The monoisotopic (exact) mass is 293 g/mol. The molecule has 3 N–H and O–H groups in total. The Morgan fingerprint density at radius 3 is 2.76 bits per heavy atom. The third-order valence-corrected chi connectivity index (χ3v) is 3.56. The Balaban J connectivity index is 1.59. The Kier molecular flexibility index (Phi) is 5.59. The highest BCUT2D eigenvalue weighted by atomic mass is 16.2. The van der Waals surface area contributed by atoms with Crippen LogP contribution in [0.4, 0.5) is 10.6 Å². The molecule has 7 nitrogen and oxygen atoms in total. The van der Waals surface area contributed by atoms with Gasteiger partial charge in [0.25, 0.3) is 0 Å². The van der Waals surface area contributed by atoms with Crippen molar-refractivity contribution in [3.63, 3.8) is 0 Å². The summed E-state index contributed by atoms with van der Waals surface area (Å²) in [4.78, 5) is 23.3. The van der Waals surface area contributed by atoms with Crippen molar-refractivity contribution >= 4 is 17.8 Å². The number of carbonyl (C=O) groups excluding carboxylic acids is 2. The van der Waals surface area contributed by atoms with Crippen LogP contribution in [0.2, 0.25) is 0 Å². The molecule has 0 aliphatic heterocycles. The summed E-state index contributed by atoms with van der Waals surface area (Å²) in [6.45, 7) is 0.317. The van der Waals surface area contributed by atoms with E-state index in [9.17, 15) is 9.59 Å². The molecule has 7 heteroatoms. The average Bonchev–Trinajstić information content (AvgIpc) is 2.85. The van der Waals surface area contributed by atoms with Gasteiger partial charge in [-0.05, 0) is 12.8 Å². The molecular formula is C14H23N5O2. The number of nitrogens with one attached hydrogen (secondary N) is 3. The summed E-state index contributed by atoms with van der Waals surface area (Å²) in [5, 5.41) is 12.4. The molecule has 0 spiro atoms. The minimum atomic E-state index is -0.187. The highest BCUT2D eigenvalue weighted by Crippen LogP contribution is 2.17. The standard InChI is InChI=1S/C14H23N5O2/c1-19-10-8-12(18-19)17-13(20)7-9-15-14(21)16-11-5-3-2-4-6-11/h8,10-11H,2-7,9H2,1H3,(H2,15,16,21)(H,17,18,20). The van der Waals surface area contributed by atoms with Crippen molar-refractivity contribution in [2.75, 3.05) is 11.9 Å². The molecule has 0 bridgehead atoms. The molecule has 1 heterocycles. The molecule has 21 heavy (non-hydrogen) atoms. The van der Waals surface area contributed by atoms with Crippen LogP contribution in [0.3, 0.4) is 0 Å². The zero-order chi connectivity index (χ0) is 15.1. The SMILES string of the molecule is Cn1ccc(NC(=O)CCNC(=O)NC2CCCCC2)n1. The van der Waals surface area contributed by atoms with Gasteiger partial charge in [0.1, 0.15) is 0 Å². The number of anilines is 1. The van der Waals surface area contributed by atoms with Crippen LogP contribution >= 0.6 is 0 Å². The molecule has 3 amide bonds. The first-order chi connectivity index (χ1) is 10.1. The Labute approximate surface area is 124 Å². The molecule has 1 aromatic rings. The van der Waals surface area contributed by atoms with Crippen LogP contribution in [0.1, 0.15) is 38.5 Å². The van der Waals surface area contributed by atoms with Crippen molar-refractivity contribution in [2.45, 2.75) is 44.6 Å². The van der Waals surface area contributed by atoms with Crippen LogP contribution in [-0.2, 0) is 11.8 Å². The molecule has 1 fully saturated rings. The lowest BCUT2D eigenvalue weighted by Gasteiger charge is -2.22.